The minimum absolute atomic E-state index is 0.0774. The number of carbonyl (C=O) groups is 2. The summed E-state index contributed by atoms with van der Waals surface area (Å²) in [5, 5.41) is 0. The molecule has 1 unspecified atom stereocenters. The summed E-state index contributed by atoms with van der Waals surface area (Å²) in [5.41, 5.74) is 1.09. The number of nitrogens with zero attached hydrogens (tertiary/aromatic N) is 3. The van der Waals surface area contributed by atoms with Gasteiger partial charge in [0.25, 0.3) is 0 Å². The molecule has 2 heterocycles. The van der Waals surface area contributed by atoms with Gasteiger partial charge in [0.2, 0.25) is 5.91 Å². The van der Waals surface area contributed by atoms with Crippen LogP contribution in [-0.2, 0) is 9.53 Å². The van der Waals surface area contributed by atoms with Crippen molar-refractivity contribution < 1.29 is 14.3 Å². The molecule has 0 saturated carbocycles. The molecule has 0 aliphatic carbocycles. The van der Waals surface area contributed by atoms with Crippen molar-refractivity contribution in [1.82, 2.24) is 14.7 Å². The monoisotopic (exact) mass is 359 g/mol. The van der Waals surface area contributed by atoms with E-state index >= 15 is 0 Å². The lowest BCUT2D eigenvalue weighted by molar-refractivity contribution is -0.134. The number of morpholine rings is 1. The van der Waals surface area contributed by atoms with Crippen molar-refractivity contribution in [1.29, 1.82) is 0 Å². The van der Waals surface area contributed by atoms with Crippen molar-refractivity contribution in [3.05, 3.63) is 35.9 Å². The zero-order valence-electron chi connectivity index (χ0n) is 15.6. The van der Waals surface area contributed by atoms with E-state index in [-0.39, 0.29) is 17.9 Å². The molecule has 3 rings (SSSR count). The third kappa shape index (κ3) is 4.36. The molecule has 2 fully saturated rings. The molecule has 1 aromatic carbocycles. The van der Waals surface area contributed by atoms with E-state index in [1.807, 2.05) is 45.0 Å². The molecule has 1 atom stereocenters. The molecular weight excluding hydrogens is 330 g/mol. The van der Waals surface area contributed by atoms with Gasteiger partial charge in [0.15, 0.2) is 0 Å². The third-order valence-electron chi connectivity index (χ3n) is 5.22. The van der Waals surface area contributed by atoms with E-state index < -0.39 is 0 Å². The van der Waals surface area contributed by atoms with Gasteiger partial charge in [-0.05, 0) is 12.0 Å². The van der Waals surface area contributed by atoms with E-state index in [1.54, 1.807) is 0 Å². The summed E-state index contributed by atoms with van der Waals surface area (Å²) in [6.07, 6.45) is 1.83. The smallest absolute Gasteiger partial charge is 0.320 e. The SMILES string of the molecule is CCCC(C(=O)N1CCN(C(=O)N2CCOCC2)CC1)c1ccccc1. The van der Waals surface area contributed by atoms with Gasteiger partial charge in [-0.2, -0.15) is 0 Å². The Morgan fingerprint density at radius 1 is 0.923 bits per heavy atom. The first-order chi connectivity index (χ1) is 12.7. The Kier molecular flexibility index (Phi) is 6.50. The number of ether oxygens (including phenoxy) is 1. The molecule has 0 N–H and O–H groups in total. The quantitative estimate of drug-likeness (QED) is 0.828. The zero-order valence-corrected chi connectivity index (χ0v) is 15.6. The minimum atomic E-state index is -0.0808. The molecule has 0 radical (unpaired) electrons. The Bertz CT molecular complexity index is 594. The number of amides is 3. The summed E-state index contributed by atoms with van der Waals surface area (Å²) < 4.78 is 5.31. The van der Waals surface area contributed by atoms with Crippen molar-refractivity contribution >= 4 is 11.9 Å². The van der Waals surface area contributed by atoms with Crippen molar-refractivity contribution in [3.8, 4) is 0 Å². The molecule has 26 heavy (non-hydrogen) atoms. The number of rotatable bonds is 4. The molecule has 0 spiro atoms. The number of benzene rings is 1. The number of urea groups is 1. The predicted molar refractivity (Wildman–Crippen MR) is 100 cm³/mol. The maximum absolute atomic E-state index is 13.1. The average molecular weight is 359 g/mol. The Hall–Kier alpha value is -2.08. The van der Waals surface area contributed by atoms with Crippen LogP contribution >= 0.6 is 0 Å². The normalized spacial score (nSPS) is 19.3. The van der Waals surface area contributed by atoms with E-state index in [1.165, 1.54) is 0 Å². The van der Waals surface area contributed by atoms with E-state index in [0.29, 0.717) is 52.5 Å². The first kappa shape index (κ1) is 18.7. The third-order valence-corrected chi connectivity index (χ3v) is 5.22. The molecule has 2 aliphatic rings. The van der Waals surface area contributed by atoms with Crippen molar-refractivity contribution in [2.75, 3.05) is 52.5 Å². The average Bonchev–Trinajstić information content (AvgIpc) is 2.72. The van der Waals surface area contributed by atoms with Gasteiger partial charge in [0, 0.05) is 39.3 Å². The van der Waals surface area contributed by atoms with Crippen LogP contribution in [0.15, 0.2) is 30.3 Å². The number of hydrogen-bond acceptors (Lipinski definition) is 3. The molecule has 142 valence electrons. The number of carbonyl (C=O) groups excluding carboxylic acids is 2. The van der Waals surface area contributed by atoms with Gasteiger partial charge in [-0.25, -0.2) is 4.79 Å². The topological polar surface area (TPSA) is 53.1 Å². The lowest BCUT2D eigenvalue weighted by Gasteiger charge is -2.39. The van der Waals surface area contributed by atoms with E-state index in [0.717, 1.165) is 18.4 Å². The van der Waals surface area contributed by atoms with Gasteiger partial charge >= 0.3 is 6.03 Å². The van der Waals surface area contributed by atoms with Gasteiger partial charge in [-0.15, -0.1) is 0 Å². The van der Waals surface area contributed by atoms with Crippen LogP contribution in [0.1, 0.15) is 31.2 Å². The molecule has 2 aliphatic heterocycles. The summed E-state index contributed by atoms with van der Waals surface area (Å²) in [6.45, 7) is 7.09. The summed E-state index contributed by atoms with van der Waals surface area (Å²) in [7, 11) is 0. The van der Waals surface area contributed by atoms with Crippen molar-refractivity contribution in [2.45, 2.75) is 25.7 Å². The second kappa shape index (κ2) is 9.03. The fourth-order valence-corrected chi connectivity index (χ4v) is 3.70. The maximum Gasteiger partial charge on any atom is 0.320 e. The highest BCUT2D eigenvalue weighted by molar-refractivity contribution is 5.84. The van der Waals surface area contributed by atoms with Crippen LogP contribution in [0.3, 0.4) is 0 Å². The molecule has 3 amide bonds. The standard InChI is InChI=1S/C20H29N3O3/c1-2-6-18(17-7-4-3-5-8-17)19(24)21-9-11-22(12-10-21)20(25)23-13-15-26-16-14-23/h3-5,7-8,18H,2,6,9-16H2,1H3. The Morgan fingerprint density at radius 3 is 2.12 bits per heavy atom. The van der Waals surface area contributed by atoms with Gasteiger partial charge in [0.05, 0.1) is 19.1 Å². The molecular formula is C20H29N3O3. The van der Waals surface area contributed by atoms with E-state index in [2.05, 4.69) is 6.92 Å². The van der Waals surface area contributed by atoms with Crippen LogP contribution in [-0.4, -0.2) is 79.1 Å². The number of piperazine rings is 1. The summed E-state index contributed by atoms with van der Waals surface area (Å²) in [6, 6.07) is 10.1. The first-order valence-electron chi connectivity index (χ1n) is 9.66. The minimum Gasteiger partial charge on any atom is -0.378 e. The molecule has 0 bridgehead atoms. The lowest BCUT2D eigenvalue weighted by Crippen LogP contribution is -2.56. The number of hydrogen-bond donors (Lipinski definition) is 0. The largest absolute Gasteiger partial charge is 0.378 e. The fraction of sp³-hybridized carbons (Fsp3) is 0.600. The highest BCUT2D eigenvalue weighted by Gasteiger charge is 2.31. The fourth-order valence-electron chi connectivity index (χ4n) is 3.70. The molecule has 1 aromatic rings. The molecule has 0 aromatic heterocycles. The predicted octanol–water partition coefficient (Wildman–Crippen LogP) is 2.17. The van der Waals surface area contributed by atoms with E-state index in [4.69, 9.17) is 4.74 Å². The zero-order chi connectivity index (χ0) is 18.4. The van der Waals surface area contributed by atoms with Crippen LogP contribution in [0.4, 0.5) is 4.79 Å². The molecule has 6 heteroatoms. The highest BCUT2D eigenvalue weighted by atomic mass is 16.5. The van der Waals surface area contributed by atoms with Crippen molar-refractivity contribution in [2.24, 2.45) is 0 Å². The maximum atomic E-state index is 13.1. The van der Waals surface area contributed by atoms with Gasteiger partial charge in [-0.1, -0.05) is 43.7 Å². The van der Waals surface area contributed by atoms with Crippen LogP contribution in [0.25, 0.3) is 0 Å². The van der Waals surface area contributed by atoms with Crippen LogP contribution < -0.4 is 0 Å². The van der Waals surface area contributed by atoms with Crippen molar-refractivity contribution in [3.63, 3.8) is 0 Å². The Balaban J connectivity index is 1.57. The van der Waals surface area contributed by atoms with Crippen LogP contribution in [0.2, 0.25) is 0 Å². The summed E-state index contributed by atoms with van der Waals surface area (Å²) in [4.78, 5) is 31.3. The van der Waals surface area contributed by atoms with Gasteiger partial charge in [-0.3, -0.25) is 4.79 Å². The second-order valence-corrected chi connectivity index (χ2v) is 6.95. The molecule has 2 saturated heterocycles. The second-order valence-electron chi connectivity index (χ2n) is 6.95. The van der Waals surface area contributed by atoms with Crippen LogP contribution in [0, 0.1) is 0 Å². The van der Waals surface area contributed by atoms with E-state index in [9.17, 15) is 9.59 Å². The van der Waals surface area contributed by atoms with Gasteiger partial charge < -0.3 is 19.4 Å². The summed E-state index contributed by atoms with van der Waals surface area (Å²) >= 11 is 0. The Labute approximate surface area is 155 Å². The summed E-state index contributed by atoms with van der Waals surface area (Å²) in [5.74, 6) is 0.110. The Morgan fingerprint density at radius 2 is 1.50 bits per heavy atom. The van der Waals surface area contributed by atoms with Crippen LogP contribution in [0.5, 0.6) is 0 Å². The lowest BCUT2D eigenvalue weighted by atomic mass is 9.93. The first-order valence-corrected chi connectivity index (χ1v) is 9.66. The molecule has 6 nitrogen and oxygen atoms in total. The highest BCUT2D eigenvalue weighted by Crippen LogP contribution is 2.24. The van der Waals surface area contributed by atoms with Gasteiger partial charge in [0.1, 0.15) is 0 Å².